The molecule has 0 unspecified atom stereocenters. The lowest BCUT2D eigenvalue weighted by Crippen LogP contribution is -2.12. The molecule has 0 saturated carbocycles. The van der Waals surface area contributed by atoms with Gasteiger partial charge in [-0.1, -0.05) is 58.9 Å². The van der Waals surface area contributed by atoms with Crippen LogP contribution in [0, 0.1) is 12.8 Å². The van der Waals surface area contributed by atoms with E-state index in [1.807, 2.05) is 6.92 Å². The van der Waals surface area contributed by atoms with Crippen LogP contribution in [0.1, 0.15) is 51.5 Å². The Labute approximate surface area is 205 Å². The summed E-state index contributed by atoms with van der Waals surface area (Å²) < 4.78 is 12.6. The monoisotopic (exact) mass is 462 g/mol. The molecule has 0 N–H and O–H groups in total. The third-order valence-corrected chi connectivity index (χ3v) is 6.95. The van der Waals surface area contributed by atoms with Crippen molar-refractivity contribution in [2.75, 3.05) is 0 Å². The van der Waals surface area contributed by atoms with Crippen LogP contribution in [0.25, 0.3) is 55.1 Å². The van der Waals surface area contributed by atoms with Gasteiger partial charge in [0.1, 0.15) is 23.3 Å². The van der Waals surface area contributed by atoms with Crippen LogP contribution < -0.4 is 0 Å². The highest BCUT2D eigenvalue weighted by Crippen LogP contribution is 2.42. The number of hydrogen-bond acceptors (Lipinski definition) is 4. The summed E-state index contributed by atoms with van der Waals surface area (Å²) in [5.74, 6) is 1.47. The van der Waals surface area contributed by atoms with E-state index in [-0.39, 0.29) is 5.41 Å². The highest BCUT2D eigenvalue weighted by atomic mass is 16.4. The van der Waals surface area contributed by atoms with Gasteiger partial charge in [-0.2, -0.15) is 0 Å². The lowest BCUT2D eigenvalue weighted by atomic mass is 9.82. The molecule has 4 heteroatoms. The van der Waals surface area contributed by atoms with E-state index >= 15 is 0 Å². The number of hydrogen-bond donors (Lipinski definition) is 0. The average molecular weight is 463 g/mol. The zero-order valence-corrected chi connectivity index (χ0v) is 21.2. The second kappa shape index (κ2) is 7.67. The van der Waals surface area contributed by atoms with Crippen molar-refractivity contribution >= 4 is 43.8 Å². The molecule has 176 valence electrons. The predicted molar refractivity (Wildman–Crippen MR) is 144 cm³/mol. The molecule has 6 aromatic rings. The molecule has 0 aliphatic heterocycles. The molecular weight excluding hydrogens is 432 g/mol. The van der Waals surface area contributed by atoms with E-state index < -0.39 is 0 Å². The second-order valence-electron chi connectivity index (χ2n) is 11.0. The van der Waals surface area contributed by atoms with Crippen LogP contribution in [0.2, 0.25) is 0 Å². The highest BCUT2D eigenvalue weighted by molar-refractivity contribution is 6.18. The standard InChI is InChI=1S/C31H30N2O2/c1-17(2)13-23-18(3)34-25-12-11-22-27-28(32-16-33-30(27)35-29(22)26(23)25)20-14-19-9-7-8-10-21(19)24(15-20)31(4,5)6/h7-12,14-17H,13H2,1-6H3. The summed E-state index contributed by atoms with van der Waals surface area (Å²) in [7, 11) is 0. The van der Waals surface area contributed by atoms with Gasteiger partial charge in [0.05, 0.1) is 16.5 Å². The van der Waals surface area contributed by atoms with E-state index in [0.717, 1.165) is 50.8 Å². The van der Waals surface area contributed by atoms with E-state index in [0.29, 0.717) is 11.6 Å². The van der Waals surface area contributed by atoms with Gasteiger partial charge in [0.25, 0.3) is 0 Å². The molecule has 0 radical (unpaired) electrons. The molecule has 0 atom stereocenters. The first-order chi connectivity index (χ1) is 16.7. The first-order valence-corrected chi connectivity index (χ1v) is 12.3. The van der Waals surface area contributed by atoms with Gasteiger partial charge in [-0.3, -0.25) is 0 Å². The van der Waals surface area contributed by atoms with Crippen molar-refractivity contribution < 1.29 is 8.83 Å². The van der Waals surface area contributed by atoms with Gasteiger partial charge in [0, 0.05) is 16.5 Å². The van der Waals surface area contributed by atoms with Gasteiger partial charge < -0.3 is 8.83 Å². The molecule has 4 nitrogen and oxygen atoms in total. The number of furan rings is 2. The Balaban J connectivity index is 1.69. The molecule has 3 aromatic carbocycles. The maximum Gasteiger partial charge on any atom is 0.231 e. The topological polar surface area (TPSA) is 52.1 Å². The van der Waals surface area contributed by atoms with Crippen molar-refractivity contribution in [3.05, 3.63) is 71.7 Å². The summed E-state index contributed by atoms with van der Waals surface area (Å²) in [5.41, 5.74) is 6.80. The molecule has 0 aliphatic carbocycles. The minimum Gasteiger partial charge on any atom is -0.461 e. The maximum absolute atomic E-state index is 6.44. The molecule has 0 fully saturated rings. The van der Waals surface area contributed by atoms with Crippen LogP contribution in [0.5, 0.6) is 0 Å². The molecule has 0 amide bonds. The predicted octanol–water partition coefficient (Wildman–Crippen LogP) is 8.75. The maximum atomic E-state index is 6.44. The van der Waals surface area contributed by atoms with Gasteiger partial charge in [-0.25, -0.2) is 9.97 Å². The molecule has 0 bridgehead atoms. The fourth-order valence-corrected chi connectivity index (χ4v) is 5.37. The molecule has 6 rings (SSSR count). The number of rotatable bonds is 3. The Kier molecular flexibility index (Phi) is 4.79. The van der Waals surface area contributed by atoms with E-state index in [1.54, 1.807) is 6.33 Å². The summed E-state index contributed by atoms with van der Waals surface area (Å²) in [6.07, 6.45) is 2.55. The summed E-state index contributed by atoms with van der Waals surface area (Å²) in [6.45, 7) is 13.3. The number of aryl methyl sites for hydroxylation is 1. The van der Waals surface area contributed by atoms with Crippen LogP contribution in [-0.4, -0.2) is 9.97 Å². The van der Waals surface area contributed by atoms with Crippen molar-refractivity contribution in [2.45, 2.75) is 53.4 Å². The Morgan fingerprint density at radius 1 is 0.886 bits per heavy atom. The molecule has 3 heterocycles. The van der Waals surface area contributed by atoms with Gasteiger partial charge >= 0.3 is 0 Å². The molecule has 35 heavy (non-hydrogen) atoms. The Morgan fingerprint density at radius 3 is 2.46 bits per heavy atom. The largest absolute Gasteiger partial charge is 0.461 e. The Hall–Kier alpha value is -3.66. The number of fused-ring (bicyclic) bond motifs is 6. The highest BCUT2D eigenvalue weighted by Gasteiger charge is 2.23. The average Bonchev–Trinajstić information content (AvgIpc) is 3.34. The van der Waals surface area contributed by atoms with Gasteiger partial charge in [0.2, 0.25) is 5.71 Å². The zero-order chi connectivity index (χ0) is 24.5. The Morgan fingerprint density at radius 2 is 1.69 bits per heavy atom. The van der Waals surface area contributed by atoms with Gasteiger partial charge in [0.15, 0.2) is 0 Å². The summed E-state index contributed by atoms with van der Waals surface area (Å²) in [5, 5.41) is 5.53. The minimum atomic E-state index is -0.00749. The van der Waals surface area contributed by atoms with E-state index in [9.17, 15) is 0 Å². The fourth-order valence-electron chi connectivity index (χ4n) is 5.37. The van der Waals surface area contributed by atoms with Crippen LogP contribution in [0.3, 0.4) is 0 Å². The van der Waals surface area contributed by atoms with Crippen molar-refractivity contribution in [2.24, 2.45) is 5.92 Å². The quantitative estimate of drug-likeness (QED) is 0.264. The molecular formula is C31H30N2O2. The zero-order valence-electron chi connectivity index (χ0n) is 21.2. The third kappa shape index (κ3) is 3.43. The first kappa shape index (κ1) is 21.8. The van der Waals surface area contributed by atoms with E-state index in [1.165, 1.54) is 21.9 Å². The van der Waals surface area contributed by atoms with Crippen molar-refractivity contribution in [1.29, 1.82) is 0 Å². The van der Waals surface area contributed by atoms with E-state index in [2.05, 4.69) is 88.1 Å². The lowest BCUT2D eigenvalue weighted by Gasteiger charge is -2.22. The van der Waals surface area contributed by atoms with Crippen LogP contribution in [0.4, 0.5) is 0 Å². The minimum absolute atomic E-state index is 0.00749. The van der Waals surface area contributed by atoms with E-state index in [4.69, 9.17) is 13.8 Å². The van der Waals surface area contributed by atoms with Crippen molar-refractivity contribution in [1.82, 2.24) is 9.97 Å². The molecule has 0 spiro atoms. The van der Waals surface area contributed by atoms with Crippen molar-refractivity contribution in [3.8, 4) is 11.3 Å². The fraction of sp³-hybridized carbons (Fsp3) is 0.290. The SMILES string of the molecule is Cc1oc2ccc3c(oc4ncnc(-c5cc(C(C)(C)C)c6ccccc6c5)c43)c2c1CC(C)C. The number of nitrogens with zero attached hydrogens (tertiary/aromatic N) is 2. The molecule has 0 aliphatic rings. The number of aromatic nitrogens is 2. The summed E-state index contributed by atoms with van der Waals surface area (Å²) in [6, 6.07) is 17.2. The third-order valence-electron chi connectivity index (χ3n) is 6.95. The summed E-state index contributed by atoms with van der Waals surface area (Å²) >= 11 is 0. The first-order valence-electron chi connectivity index (χ1n) is 12.3. The Bertz CT molecular complexity index is 1750. The van der Waals surface area contributed by atoms with Gasteiger partial charge in [-0.15, -0.1) is 0 Å². The van der Waals surface area contributed by atoms with Crippen LogP contribution in [-0.2, 0) is 11.8 Å². The molecule has 3 aromatic heterocycles. The van der Waals surface area contributed by atoms with Gasteiger partial charge in [-0.05, 0) is 65.3 Å². The summed E-state index contributed by atoms with van der Waals surface area (Å²) in [4.78, 5) is 9.32. The lowest BCUT2D eigenvalue weighted by molar-refractivity contribution is 0.560. The van der Waals surface area contributed by atoms with Crippen LogP contribution >= 0.6 is 0 Å². The van der Waals surface area contributed by atoms with Crippen molar-refractivity contribution in [3.63, 3.8) is 0 Å². The second-order valence-corrected chi connectivity index (χ2v) is 11.0. The smallest absolute Gasteiger partial charge is 0.231 e. The normalized spacial score (nSPS) is 12.7. The molecule has 0 saturated heterocycles. The number of benzene rings is 3. The van der Waals surface area contributed by atoms with Crippen LogP contribution in [0.15, 0.2) is 63.7 Å².